The van der Waals surface area contributed by atoms with Gasteiger partial charge in [0, 0.05) is 19.3 Å². The van der Waals surface area contributed by atoms with E-state index in [4.69, 9.17) is 4.74 Å². The lowest BCUT2D eigenvalue weighted by atomic mass is 10.00. The van der Waals surface area contributed by atoms with Crippen LogP contribution in [0.2, 0.25) is 0 Å². The lowest BCUT2D eigenvalue weighted by Gasteiger charge is -2.21. The molecule has 2 aromatic rings. The lowest BCUT2D eigenvalue weighted by molar-refractivity contribution is 0.344. The van der Waals surface area contributed by atoms with Gasteiger partial charge < -0.3 is 15.4 Å². The minimum atomic E-state index is 0.668. The smallest absolute Gasteiger partial charge is 0.131 e. The van der Waals surface area contributed by atoms with E-state index in [1.54, 1.807) is 0 Å². The van der Waals surface area contributed by atoms with Crippen molar-refractivity contribution in [1.29, 1.82) is 0 Å². The number of aromatic nitrogens is 1. The zero-order valence-corrected chi connectivity index (χ0v) is 12.1. The highest BCUT2D eigenvalue weighted by molar-refractivity contribution is 5.98. The second-order valence-corrected chi connectivity index (χ2v) is 5.14. The van der Waals surface area contributed by atoms with Crippen molar-refractivity contribution in [2.45, 2.75) is 26.3 Å². The van der Waals surface area contributed by atoms with Crippen LogP contribution in [-0.4, -0.2) is 25.2 Å². The molecule has 20 heavy (non-hydrogen) atoms. The molecule has 0 aliphatic carbocycles. The molecule has 0 saturated carbocycles. The number of hydrogen-bond acceptors (Lipinski definition) is 4. The molecule has 2 N–H and O–H groups in total. The fraction of sp³-hybridized carbons (Fsp3) is 0.438. The molecule has 106 valence electrons. The largest absolute Gasteiger partial charge is 0.493 e. The van der Waals surface area contributed by atoms with Crippen molar-refractivity contribution in [2.75, 3.05) is 25.5 Å². The number of nitrogens with zero attached hydrogens (tertiary/aromatic N) is 1. The Labute approximate surface area is 119 Å². The maximum atomic E-state index is 5.86. The molecule has 0 bridgehead atoms. The topological polar surface area (TPSA) is 46.2 Å². The molecular formula is C16H21N3O. The summed E-state index contributed by atoms with van der Waals surface area (Å²) in [6.07, 6.45) is 4.26. The Bertz CT molecular complexity index is 625. The van der Waals surface area contributed by atoms with Gasteiger partial charge in [-0.05, 0) is 50.1 Å². The van der Waals surface area contributed by atoms with Crippen LogP contribution in [0.1, 0.15) is 24.5 Å². The molecule has 4 heteroatoms. The highest BCUT2D eigenvalue weighted by Gasteiger charge is 2.17. The molecule has 2 heterocycles. The number of pyridine rings is 1. The summed E-state index contributed by atoms with van der Waals surface area (Å²) >= 11 is 0. The summed E-state index contributed by atoms with van der Waals surface area (Å²) < 4.78 is 5.86. The van der Waals surface area contributed by atoms with Gasteiger partial charge in [0.25, 0.3) is 0 Å². The van der Waals surface area contributed by atoms with Crippen LogP contribution in [0.4, 0.5) is 5.69 Å². The van der Waals surface area contributed by atoms with Gasteiger partial charge in [-0.2, -0.15) is 0 Å². The molecule has 0 amide bonds. The third-order valence-electron chi connectivity index (χ3n) is 3.68. The first-order chi connectivity index (χ1) is 9.83. The molecule has 1 aromatic heterocycles. The fourth-order valence-electron chi connectivity index (χ4n) is 2.84. The number of fused-ring (bicyclic) bond motifs is 3. The van der Waals surface area contributed by atoms with Crippen LogP contribution in [0.5, 0.6) is 5.75 Å². The predicted molar refractivity (Wildman–Crippen MR) is 82.5 cm³/mol. The Morgan fingerprint density at radius 1 is 1.40 bits per heavy atom. The molecule has 0 saturated heterocycles. The van der Waals surface area contributed by atoms with E-state index in [1.807, 2.05) is 20.2 Å². The molecule has 0 fully saturated rings. The maximum Gasteiger partial charge on any atom is 0.131 e. The third kappa shape index (κ3) is 2.31. The summed E-state index contributed by atoms with van der Waals surface area (Å²) in [6, 6.07) is 4.27. The number of nitrogens with one attached hydrogen (secondary N) is 2. The first kappa shape index (κ1) is 13.2. The summed E-state index contributed by atoms with van der Waals surface area (Å²) in [5.74, 6) is 0.939. The van der Waals surface area contributed by atoms with Crippen LogP contribution >= 0.6 is 0 Å². The predicted octanol–water partition coefficient (Wildman–Crippen LogP) is 2.71. The average molecular weight is 271 g/mol. The molecule has 1 aromatic carbocycles. The van der Waals surface area contributed by atoms with E-state index in [9.17, 15) is 0 Å². The van der Waals surface area contributed by atoms with E-state index < -0.39 is 0 Å². The zero-order chi connectivity index (χ0) is 13.9. The van der Waals surface area contributed by atoms with Gasteiger partial charge in [-0.25, -0.2) is 0 Å². The van der Waals surface area contributed by atoms with E-state index in [1.165, 1.54) is 23.2 Å². The summed E-state index contributed by atoms with van der Waals surface area (Å²) in [6.45, 7) is 4.53. The number of aryl methyl sites for hydroxylation is 1. The number of ether oxygens (including phenoxy) is 1. The van der Waals surface area contributed by atoms with Crippen LogP contribution in [-0.2, 0) is 13.0 Å². The van der Waals surface area contributed by atoms with Crippen LogP contribution in [0.3, 0.4) is 0 Å². The van der Waals surface area contributed by atoms with Crippen molar-refractivity contribution >= 4 is 16.6 Å². The molecular weight excluding hydrogens is 250 g/mol. The summed E-state index contributed by atoms with van der Waals surface area (Å²) in [5.41, 5.74) is 4.72. The van der Waals surface area contributed by atoms with Crippen LogP contribution in [0, 0.1) is 0 Å². The van der Waals surface area contributed by atoms with Crippen molar-refractivity contribution in [3.8, 4) is 5.75 Å². The van der Waals surface area contributed by atoms with Crippen molar-refractivity contribution in [1.82, 2.24) is 10.3 Å². The molecule has 3 rings (SSSR count). The number of benzene rings is 1. The van der Waals surface area contributed by atoms with E-state index in [0.717, 1.165) is 36.2 Å². The van der Waals surface area contributed by atoms with Gasteiger partial charge in [-0.15, -0.1) is 0 Å². The van der Waals surface area contributed by atoms with E-state index in [0.29, 0.717) is 6.61 Å². The highest BCUT2D eigenvalue weighted by Crippen LogP contribution is 2.37. The number of anilines is 1. The maximum absolute atomic E-state index is 5.86. The van der Waals surface area contributed by atoms with E-state index in [-0.39, 0.29) is 0 Å². The normalized spacial score (nSPS) is 13.9. The van der Waals surface area contributed by atoms with Crippen molar-refractivity contribution in [3.05, 3.63) is 29.5 Å². The molecule has 1 aliphatic heterocycles. The van der Waals surface area contributed by atoms with Gasteiger partial charge in [-0.3, -0.25) is 4.98 Å². The third-order valence-corrected chi connectivity index (χ3v) is 3.68. The van der Waals surface area contributed by atoms with Crippen LogP contribution < -0.4 is 15.4 Å². The van der Waals surface area contributed by atoms with Crippen molar-refractivity contribution < 1.29 is 4.74 Å². The monoisotopic (exact) mass is 271 g/mol. The van der Waals surface area contributed by atoms with Crippen molar-refractivity contribution in [3.63, 3.8) is 0 Å². The quantitative estimate of drug-likeness (QED) is 0.897. The lowest BCUT2D eigenvalue weighted by Crippen LogP contribution is -2.13. The van der Waals surface area contributed by atoms with Crippen molar-refractivity contribution in [2.24, 2.45) is 0 Å². The number of hydrogen-bond donors (Lipinski definition) is 2. The van der Waals surface area contributed by atoms with E-state index >= 15 is 0 Å². The zero-order valence-electron chi connectivity index (χ0n) is 12.1. The Kier molecular flexibility index (Phi) is 3.74. The first-order valence-electron chi connectivity index (χ1n) is 7.29. The second kappa shape index (κ2) is 5.67. The summed E-state index contributed by atoms with van der Waals surface area (Å²) in [7, 11) is 1.95. The van der Waals surface area contributed by atoms with Crippen LogP contribution in [0.15, 0.2) is 18.3 Å². The van der Waals surface area contributed by atoms with E-state index in [2.05, 4.69) is 27.8 Å². The Morgan fingerprint density at radius 3 is 3.10 bits per heavy atom. The van der Waals surface area contributed by atoms with Crippen LogP contribution in [0.25, 0.3) is 10.9 Å². The van der Waals surface area contributed by atoms with Gasteiger partial charge in [0.1, 0.15) is 5.75 Å². The van der Waals surface area contributed by atoms with Gasteiger partial charge in [0.2, 0.25) is 0 Å². The Morgan fingerprint density at radius 2 is 2.30 bits per heavy atom. The first-order valence-corrected chi connectivity index (χ1v) is 7.29. The van der Waals surface area contributed by atoms with Gasteiger partial charge >= 0.3 is 0 Å². The SMILES string of the molecule is CCOc1cc(CNC)cc2ncc3c(c12)NCCC3. The minimum absolute atomic E-state index is 0.668. The standard InChI is InChI=1S/C16H21N3O/c1-3-20-14-8-11(9-17-2)7-13-15(14)16-12(10-19-13)5-4-6-18-16/h7-8,10,17-18H,3-6,9H2,1-2H3. The second-order valence-electron chi connectivity index (χ2n) is 5.14. The molecule has 1 aliphatic rings. The summed E-state index contributed by atoms with van der Waals surface area (Å²) in [5, 5.41) is 7.83. The fourth-order valence-corrected chi connectivity index (χ4v) is 2.84. The van der Waals surface area contributed by atoms with Gasteiger partial charge in [0.15, 0.2) is 0 Å². The molecule has 0 unspecified atom stereocenters. The number of rotatable bonds is 4. The average Bonchev–Trinajstić information content (AvgIpc) is 2.47. The molecule has 0 spiro atoms. The molecule has 0 atom stereocenters. The molecule has 0 radical (unpaired) electrons. The van der Waals surface area contributed by atoms with Gasteiger partial charge in [0.05, 0.1) is 23.2 Å². The van der Waals surface area contributed by atoms with Gasteiger partial charge in [-0.1, -0.05) is 0 Å². The highest BCUT2D eigenvalue weighted by atomic mass is 16.5. The Hall–Kier alpha value is -1.81. The summed E-state index contributed by atoms with van der Waals surface area (Å²) in [4.78, 5) is 4.63. The Balaban J connectivity index is 2.21. The molecule has 4 nitrogen and oxygen atoms in total. The minimum Gasteiger partial charge on any atom is -0.493 e.